The van der Waals surface area contributed by atoms with Crippen LogP contribution in [0.1, 0.15) is 167 Å². The van der Waals surface area contributed by atoms with E-state index in [1.807, 2.05) is 109 Å². The van der Waals surface area contributed by atoms with Gasteiger partial charge in [0, 0.05) is 60.4 Å². The van der Waals surface area contributed by atoms with Crippen molar-refractivity contribution in [1.82, 2.24) is 10.6 Å². The SMILES string of the molecule is C/C=C/c1ccc(/C=C/c2ccc(/C=C/c3ccc(/C=C/c4ccc5c(c4)C(CCCOCCOC)(CCCOCCOC)c4cc(C)ccc4-5)cc3)cc2OCCCCNC(=O)OC(C)(C)C)cc1.C=Cc1ccc(C=C)cc1.CC(C)(C)OC(=O)NCCCCOc1cc(Br)cc(Br)c1. The molecule has 7 aromatic carbocycles. The maximum absolute atomic E-state index is 12.1. The van der Waals surface area contributed by atoms with Crippen LogP contribution in [0.4, 0.5) is 9.59 Å². The average molecular weight is 1500 g/mol. The van der Waals surface area contributed by atoms with Gasteiger partial charge in [-0.2, -0.15) is 0 Å². The molecule has 0 bridgehead atoms. The molecule has 2 N–H and O–H groups in total. The Labute approximate surface area is 619 Å². The zero-order valence-corrected chi connectivity index (χ0v) is 64.3. The van der Waals surface area contributed by atoms with E-state index in [2.05, 4.69) is 208 Å². The van der Waals surface area contributed by atoms with Crippen LogP contribution in [0, 0.1) is 6.92 Å². The van der Waals surface area contributed by atoms with E-state index in [-0.39, 0.29) is 11.5 Å². The molecule has 0 heterocycles. The van der Waals surface area contributed by atoms with Crippen molar-refractivity contribution in [3.8, 4) is 22.6 Å². The van der Waals surface area contributed by atoms with Crippen LogP contribution in [0.5, 0.6) is 11.5 Å². The molecule has 0 spiro atoms. The van der Waals surface area contributed by atoms with E-state index in [9.17, 15) is 9.59 Å². The fourth-order valence-electron chi connectivity index (χ4n) is 11.2. The Morgan fingerprint density at radius 2 is 0.861 bits per heavy atom. The van der Waals surface area contributed by atoms with Gasteiger partial charge in [-0.3, -0.25) is 0 Å². The van der Waals surface area contributed by atoms with Gasteiger partial charge in [0.25, 0.3) is 0 Å². The van der Waals surface area contributed by atoms with Crippen molar-refractivity contribution in [1.29, 1.82) is 0 Å². The van der Waals surface area contributed by atoms with Gasteiger partial charge in [0.05, 0.1) is 39.6 Å². The largest absolute Gasteiger partial charge is 0.494 e. The molecular formula is C87H106Br2N2O10. The van der Waals surface area contributed by atoms with Crippen molar-refractivity contribution in [2.75, 3.05) is 80.2 Å². The number of allylic oxidation sites excluding steroid dienone is 1. The Balaban J connectivity index is 0.000000423. The molecule has 0 saturated heterocycles. The van der Waals surface area contributed by atoms with E-state index in [1.165, 1.54) is 38.9 Å². The zero-order chi connectivity index (χ0) is 72.9. The maximum Gasteiger partial charge on any atom is 0.407 e. The first-order valence-electron chi connectivity index (χ1n) is 35.0. The number of hydrogen-bond acceptors (Lipinski definition) is 10. The molecule has 0 fully saturated rings. The van der Waals surface area contributed by atoms with Gasteiger partial charge in [-0.15, -0.1) is 0 Å². The van der Waals surface area contributed by atoms with E-state index >= 15 is 0 Å². The molecule has 0 saturated carbocycles. The lowest BCUT2D eigenvalue weighted by Gasteiger charge is -2.33. The fraction of sp³-hybridized carbons (Fsp3) is 0.356. The lowest BCUT2D eigenvalue weighted by Crippen LogP contribution is -2.33. The maximum atomic E-state index is 12.1. The number of methoxy groups -OCH3 is 2. The summed E-state index contributed by atoms with van der Waals surface area (Å²) < 4.78 is 46.9. The van der Waals surface area contributed by atoms with Crippen LogP contribution in [0.3, 0.4) is 0 Å². The highest BCUT2D eigenvalue weighted by atomic mass is 79.9. The van der Waals surface area contributed by atoms with E-state index in [0.29, 0.717) is 65.9 Å². The second-order valence-electron chi connectivity index (χ2n) is 26.6. The predicted octanol–water partition coefficient (Wildman–Crippen LogP) is 22.2. The molecule has 101 heavy (non-hydrogen) atoms. The third-order valence-electron chi connectivity index (χ3n) is 16.1. The van der Waals surface area contributed by atoms with Gasteiger partial charge in [-0.25, -0.2) is 9.59 Å². The fourth-order valence-corrected chi connectivity index (χ4v) is 12.4. The number of aryl methyl sites for hydroxylation is 1. The van der Waals surface area contributed by atoms with Crippen LogP contribution < -0.4 is 20.1 Å². The number of unbranched alkanes of at least 4 members (excludes halogenated alkanes) is 2. The molecule has 14 heteroatoms. The summed E-state index contributed by atoms with van der Waals surface area (Å²) in [5, 5.41) is 5.56. The molecule has 2 amide bonds. The topological polar surface area (TPSA) is 132 Å². The summed E-state index contributed by atoms with van der Waals surface area (Å²) in [6, 6.07) is 51.3. The number of halogens is 2. The standard InChI is InChI=1S/C62H75NO7.C15H21Br2NO3.C10H10/c1-8-13-48-15-17-51(18-16-48)27-30-54-31-28-53(46-59(54)69-39-10-9-36-63-60(64)70-61(3,4)5)26-24-50-21-19-49(20-22-50)23-25-52-29-33-56-55-32-14-47(2)44-57(55)62(58(56)45-52,34-11-37-67-42-40-65-6)35-12-38-68-43-41-66-7;1-15(2,3)21-14(19)18-6-4-5-7-20-13-9-11(16)8-12(17)10-13;1-3-9-5-7-10(4-2)8-6-9/h8,13-33,44-46H,9-12,34-43H2,1-7H3,(H,63,64);8-10H,4-7H2,1-3H3,(H,18,19);3-8H,1-2H2/b13-8+,25-23+,26-24+,30-27+;;. The highest BCUT2D eigenvalue weighted by Crippen LogP contribution is 2.54. The zero-order valence-electron chi connectivity index (χ0n) is 61.1. The normalized spacial score (nSPS) is 12.3. The van der Waals surface area contributed by atoms with Crippen LogP contribution in [-0.2, 0) is 33.8 Å². The number of alkyl carbamates (subject to hydrolysis) is 2. The van der Waals surface area contributed by atoms with Crippen molar-refractivity contribution in [3.63, 3.8) is 0 Å². The minimum atomic E-state index is -0.526. The van der Waals surface area contributed by atoms with E-state index in [4.69, 9.17) is 37.9 Å². The molecule has 12 nitrogen and oxygen atoms in total. The number of nitrogens with one attached hydrogen (secondary N) is 2. The number of rotatable bonds is 35. The number of benzene rings is 7. The van der Waals surface area contributed by atoms with Crippen molar-refractivity contribution < 1.29 is 47.5 Å². The van der Waals surface area contributed by atoms with Crippen LogP contribution >= 0.6 is 31.9 Å². The van der Waals surface area contributed by atoms with Crippen molar-refractivity contribution in [2.45, 2.75) is 123 Å². The number of fused-ring (bicyclic) bond motifs is 3. The van der Waals surface area contributed by atoms with Gasteiger partial charge in [0.2, 0.25) is 0 Å². The predicted molar refractivity (Wildman–Crippen MR) is 428 cm³/mol. The van der Waals surface area contributed by atoms with E-state index in [0.717, 1.165) is 111 Å². The van der Waals surface area contributed by atoms with Gasteiger partial charge in [0.15, 0.2) is 0 Å². The summed E-state index contributed by atoms with van der Waals surface area (Å²) in [7, 11) is 3.42. The lowest BCUT2D eigenvalue weighted by atomic mass is 9.71. The van der Waals surface area contributed by atoms with Crippen molar-refractivity contribution in [3.05, 3.63) is 241 Å². The number of amides is 2. The Bertz CT molecular complexity index is 3740. The molecule has 0 atom stereocenters. The first-order valence-corrected chi connectivity index (χ1v) is 36.6. The van der Waals surface area contributed by atoms with E-state index < -0.39 is 17.3 Å². The van der Waals surface area contributed by atoms with Crippen molar-refractivity contribution >= 4 is 98.7 Å². The molecule has 0 unspecified atom stereocenters. The van der Waals surface area contributed by atoms with Crippen LogP contribution in [-0.4, -0.2) is 104 Å². The quantitative estimate of drug-likeness (QED) is 0.0292. The Kier molecular flexibility index (Phi) is 35.4. The summed E-state index contributed by atoms with van der Waals surface area (Å²) in [6.07, 6.45) is 27.1. The Morgan fingerprint density at radius 1 is 0.446 bits per heavy atom. The number of ether oxygens (including phenoxy) is 8. The molecule has 1 aliphatic carbocycles. The van der Waals surface area contributed by atoms with Crippen LogP contribution in [0.2, 0.25) is 0 Å². The molecule has 0 aliphatic heterocycles. The summed E-state index contributed by atoms with van der Waals surface area (Å²) in [5.41, 5.74) is 15.7. The Morgan fingerprint density at radius 3 is 1.34 bits per heavy atom. The minimum absolute atomic E-state index is 0.144. The van der Waals surface area contributed by atoms with Crippen molar-refractivity contribution in [2.24, 2.45) is 0 Å². The first kappa shape index (κ1) is 81.9. The molecule has 1 aliphatic rings. The average Bonchev–Trinajstić information content (AvgIpc) is 1.57. The monoisotopic (exact) mass is 1500 g/mol. The third-order valence-corrected chi connectivity index (χ3v) is 17.0. The number of carbonyl (C=O) groups is 2. The number of carbonyl (C=O) groups excluding carboxylic acids is 2. The molecular weight excluding hydrogens is 1390 g/mol. The molecule has 0 aromatic heterocycles. The molecule has 0 radical (unpaired) electrons. The second kappa shape index (κ2) is 43.7. The molecule has 538 valence electrons. The Hall–Kier alpha value is -8.08. The second-order valence-corrected chi connectivity index (χ2v) is 28.5. The van der Waals surface area contributed by atoms with Crippen LogP contribution in [0.25, 0.3) is 65.8 Å². The molecule has 7 aromatic rings. The molecule has 8 rings (SSSR count). The summed E-state index contributed by atoms with van der Waals surface area (Å²) in [6.45, 7) is 28.7. The third kappa shape index (κ3) is 30.2. The minimum Gasteiger partial charge on any atom is -0.494 e. The smallest absolute Gasteiger partial charge is 0.407 e. The van der Waals surface area contributed by atoms with Gasteiger partial charge in [-0.1, -0.05) is 233 Å². The van der Waals surface area contributed by atoms with Gasteiger partial charge >= 0.3 is 12.2 Å². The number of hydrogen-bond donors (Lipinski definition) is 2. The van der Waals surface area contributed by atoms with Gasteiger partial charge in [-0.05, 0) is 198 Å². The van der Waals surface area contributed by atoms with Crippen LogP contribution in [0.15, 0.2) is 174 Å². The highest BCUT2D eigenvalue weighted by molar-refractivity contribution is 9.11. The highest BCUT2D eigenvalue weighted by Gasteiger charge is 2.42. The van der Waals surface area contributed by atoms with E-state index in [1.54, 1.807) is 14.2 Å². The van der Waals surface area contributed by atoms with Gasteiger partial charge < -0.3 is 48.5 Å². The first-order chi connectivity index (χ1) is 48.6. The lowest BCUT2D eigenvalue weighted by molar-refractivity contribution is 0.0515. The summed E-state index contributed by atoms with van der Waals surface area (Å²) >= 11 is 6.83. The summed E-state index contributed by atoms with van der Waals surface area (Å²) in [5.74, 6) is 1.63. The summed E-state index contributed by atoms with van der Waals surface area (Å²) in [4.78, 5) is 23.5. The van der Waals surface area contributed by atoms with Gasteiger partial charge in [0.1, 0.15) is 22.7 Å².